The number of aryl methyl sites for hydroxylation is 13. The van der Waals surface area contributed by atoms with E-state index in [9.17, 15) is 0 Å². The van der Waals surface area contributed by atoms with Crippen LogP contribution in [0.1, 0.15) is 72.3 Å². The third-order valence-corrected chi connectivity index (χ3v) is 19.9. The summed E-state index contributed by atoms with van der Waals surface area (Å²) in [6.07, 6.45) is 0. The zero-order valence-electron chi connectivity index (χ0n) is 58.6. The molecule has 0 aliphatic rings. The molecular formula is C97H86. The molecule has 0 bridgehead atoms. The van der Waals surface area contributed by atoms with Gasteiger partial charge in [0, 0.05) is 0 Å². The zero-order chi connectivity index (χ0) is 67.6. The number of rotatable bonds is 0. The first-order chi connectivity index (χ1) is 46.9. The van der Waals surface area contributed by atoms with E-state index in [1.165, 1.54) is 202 Å². The minimum Gasteiger partial charge on any atom is -0.0616 e. The van der Waals surface area contributed by atoms with E-state index < -0.39 is 0 Å². The molecule has 0 nitrogen and oxygen atoms in total. The van der Waals surface area contributed by atoms with Crippen LogP contribution in [0.25, 0.3) is 129 Å². The molecule has 0 fully saturated rings. The molecule has 0 aromatic heterocycles. The smallest absolute Gasteiger partial charge is 0.0146 e. The zero-order valence-corrected chi connectivity index (χ0v) is 58.6. The highest BCUT2D eigenvalue weighted by molar-refractivity contribution is 6.07. The molecule has 0 radical (unpaired) electrons. The van der Waals surface area contributed by atoms with Crippen LogP contribution in [-0.4, -0.2) is 0 Å². The van der Waals surface area contributed by atoms with Crippen LogP contribution in [0.2, 0.25) is 0 Å². The molecule has 18 rings (SSSR count). The quantitative estimate of drug-likeness (QED) is 0.133. The van der Waals surface area contributed by atoms with Gasteiger partial charge in [-0.25, -0.2) is 0 Å². The molecule has 18 aromatic carbocycles. The van der Waals surface area contributed by atoms with Gasteiger partial charge < -0.3 is 0 Å². The predicted octanol–water partition coefficient (Wildman–Crippen LogP) is 28.0. The maximum absolute atomic E-state index is 2.32. The van der Waals surface area contributed by atoms with Crippen molar-refractivity contribution in [3.63, 3.8) is 0 Å². The molecule has 0 saturated carbocycles. The summed E-state index contributed by atoms with van der Waals surface area (Å²) in [7, 11) is 0. The number of hydrogen-bond donors (Lipinski definition) is 0. The van der Waals surface area contributed by atoms with Crippen LogP contribution in [-0.2, 0) is 0 Å². The maximum Gasteiger partial charge on any atom is -0.0146 e. The highest BCUT2D eigenvalue weighted by Crippen LogP contribution is 2.34. The van der Waals surface area contributed by atoms with Gasteiger partial charge in [-0.1, -0.05) is 247 Å². The van der Waals surface area contributed by atoms with Crippen LogP contribution >= 0.6 is 0 Å². The summed E-state index contributed by atoms with van der Waals surface area (Å²) in [5.41, 5.74) is 17.5. The van der Waals surface area contributed by atoms with Gasteiger partial charge in [0.15, 0.2) is 0 Å². The van der Waals surface area contributed by atoms with Crippen LogP contribution in [0.5, 0.6) is 0 Å². The van der Waals surface area contributed by atoms with Crippen molar-refractivity contribution in [2.45, 2.75) is 90.0 Å². The molecule has 0 N–H and O–H groups in total. The fourth-order valence-electron chi connectivity index (χ4n) is 14.5. The summed E-state index contributed by atoms with van der Waals surface area (Å²) in [5, 5.41) is 32.4. The summed E-state index contributed by atoms with van der Waals surface area (Å²) in [6, 6.07) is 104. The molecule has 0 spiro atoms. The van der Waals surface area contributed by atoms with E-state index in [1.54, 1.807) is 0 Å². The highest BCUT2D eigenvalue weighted by Gasteiger charge is 2.09. The van der Waals surface area contributed by atoms with Crippen molar-refractivity contribution in [3.05, 3.63) is 357 Å². The molecule has 0 heterocycles. The molecular weight excluding hydrogens is 1170 g/mol. The summed E-state index contributed by atoms with van der Waals surface area (Å²) >= 11 is 0. The minimum absolute atomic E-state index is 1.32. The van der Waals surface area contributed by atoms with Crippen molar-refractivity contribution < 1.29 is 0 Å². The summed E-state index contributed by atoms with van der Waals surface area (Å²) in [4.78, 5) is 0. The van der Waals surface area contributed by atoms with E-state index in [4.69, 9.17) is 0 Å². The van der Waals surface area contributed by atoms with Crippen molar-refractivity contribution >= 4 is 129 Å². The number of fused-ring (bicyclic) bond motifs is 12. The lowest BCUT2D eigenvalue weighted by atomic mass is 9.94. The number of hydrogen-bond acceptors (Lipinski definition) is 0. The van der Waals surface area contributed by atoms with Gasteiger partial charge in [-0.05, 0) is 330 Å². The second-order valence-electron chi connectivity index (χ2n) is 27.2. The van der Waals surface area contributed by atoms with Crippen LogP contribution in [0.15, 0.2) is 285 Å². The van der Waals surface area contributed by atoms with E-state index in [1.807, 2.05) is 0 Å². The maximum atomic E-state index is 2.32. The Bertz CT molecular complexity index is 5830. The molecule has 474 valence electrons. The van der Waals surface area contributed by atoms with Crippen molar-refractivity contribution in [2.24, 2.45) is 0 Å². The lowest BCUT2D eigenvalue weighted by molar-refractivity contribution is 1.43. The molecule has 0 saturated heterocycles. The van der Waals surface area contributed by atoms with Gasteiger partial charge in [0.1, 0.15) is 0 Å². The lowest BCUT2D eigenvalue weighted by Crippen LogP contribution is -1.86. The van der Waals surface area contributed by atoms with Gasteiger partial charge in [-0.2, -0.15) is 0 Å². The Labute approximate surface area is 573 Å². The molecule has 0 unspecified atom stereocenters. The van der Waals surface area contributed by atoms with Crippen LogP contribution in [0.3, 0.4) is 0 Å². The first kappa shape index (κ1) is 64.8. The fraction of sp³-hybridized carbons (Fsp3) is 0.134. The standard InChI is InChI=1S/C17H16.5C16H14/c1-11-7-8-15-13(3)16-6-4-5-12(2)17(16)10-14(15)9-11;1-11-5-3-7-13-10-16-12(2)6-4-8-14(16)9-15(11)13;1-11-6-5-9-15-12(2)14-8-4-3-7-13(14)10-16(11)15;2*1-11-6-7-13-10-16-12(2)4-3-5-14(16)9-15(13)8-11;1-11-7-12(2)16-10-14-6-4-3-5-13(14)9-15(16)8-11/h4-10H,1-3H3;5*3-10H,1-2H3. The topological polar surface area (TPSA) is 0 Å². The van der Waals surface area contributed by atoms with Gasteiger partial charge in [0.25, 0.3) is 0 Å². The van der Waals surface area contributed by atoms with Gasteiger partial charge in [-0.3, -0.25) is 0 Å². The third-order valence-electron chi connectivity index (χ3n) is 19.9. The van der Waals surface area contributed by atoms with E-state index in [0.29, 0.717) is 0 Å². The van der Waals surface area contributed by atoms with Gasteiger partial charge in [0.2, 0.25) is 0 Å². The normalized spacial score (nSPS) is 11.1. The highest BCUT2D eigenvalue weighted by atomic mass is 14.1. The molecule has 0 aliphatic heterocycles. The van der Waals surface area contributed by atoms with E-state index in [-0.39, 0.29) is 0 Å². The SMILES string of the molecule is Cc1cc(C)c2cc3ccccc3cc2c1.Cc1ccc2c(C)c3cccc(C)c3cc2c1.Cc1ccc2cc3c(C)cccc3cc2c1.Cc1ccc2cc3c(C)cccc3cc2c1.Cc1cccc2c(C)c3ccccc3cc12.Cc1cccc2cc3c(C)cccc3cc12. The average molecular weight is 1250 g/mol. The second-order valence-corrected chi connectivity index (χ2v) is 27.2. The Morgan fingerprint density at radius 2 is 0.381 bits per heavy atom. The number of benzene rings is 18. The van der Waals surface area contributed by atoms with Crippen LogP contribution < -0.4 is 0 Å². The summed E-state index contributed by atoms with van der Waals surface area (Å²) in [5.74, 6) is 0. The van der Waals surface area contributed by atoms with Crippen LogP contribution in [0, 0.1) is 90.0 Å². The first-order valence-electron chi connectivity index (χ1n) is 34.3. The predicted molar refractivity (Wildman–Crippen MR) is 430 cm³/mol. The monoisotopic (exact) mass is 1250 g/mol. The van der Waals surface area contributed by atoms with Crippen molar-refractivity contribution in [1.82, 2.24) is 0 Å². The van der Waals surface area contributed by atoms with Gasteiger partial charge in [0.05, 0.1) is 0 Å². The Kier molecular flexibility index (Phi) is 18.6. The molecule has 0 amide bonds. The summed E-state index contributed by atoms with van der Waals surface area (Å²) in [6.45, 7) is 28.2. The minimum atomic E-state index is 1.32. The first-order valence-corrected chi connectivity index (χ1v) is 34.3. The van der Waals surface area contributed by atoms with Crippen molar-refractivity contribution in [1.29, 1.82) is 0 Å². The second kappa shape index (κ2) is 27.8. The van der Waals surface area contributed by atoms with E-state index >= 15 is 0 Å². The van der Waals surface area contributed by atoms with Crippen molar-refractivity contribution in [2.75, 3.05) is 0 Å². The summed E-state index contributed by atoms with van der Waals surface area (Å²) < 4.78 is 0. The lowest BCUT2D eigenvalue weighted by Gasteiger charge is -2.10. The van der Waals surface area contributed by atoms with Gasteiger partial charge >= 0.3 is 0 Å². The Morgan fingerprint density at radius 3 is 0.845 bits per heavy atom. The Hall–Kier alpha value is -10.9. The van der Waals surface area contributed by atoms with E-state index in [2.05, 4.69) is 375 Å². The largest absolute Gasteiger partial charge is 0.0616 e. The molecule has 18 aromatic rings. The molecule has 97 heavy (non-hydrogen) atoms. The fourth-order valence-corrected chi connectivity index (χ4v) is 14.5. The van der Waals surface area contributed by atoms with Gasteiger partial charge in [-0.15, -0.1) is 0 Å². The Balaban J connectivity index is 0.000000105. The Morgan fingerprint density at radius 1 is 0.124 bits per heavy atom. The molecule has 0 aliphatic carbocycles. The third kappa shape index (κ3) is 13.8. The average Bonchev–Trinajstić information content (AvgIpc) is 0.820. The van der Waals surface area contributed by atoms with Crippen LogP contribution in [0.4, 0.5) is 0 Å². The molecule has 0 atom stereocenters. The van der Waals surface area contributed by atoms with Crippen molar-refractivity contribution in [3.8, 4) is 0 Å². The van der Waals surface area contributed by atoms with E-state index in [0.717, 1.165) is 0 Å². The molecule has 0 heteroatoms.